The predicted molar refractivity (Wildman–Crippen MR) is 75.1 cm³/mol. The van der Waals surface area contributed by atoms with Crippen molar-refractivity contribution in [1.29, 1.82) is 0 Å². The van der Waals surface area contributed by atoms with E-state index in [0.717, 1.165) is 10.0 Å². The summed E-state index contributed by atoms with van der Waals surface area (Å²) in [5.74, 6) is -0.471. The normalized spacial score (nSPS) is 12.3. The van der Waals surface area contributed by atoms with Gasteiger partial charge in [-0.1, -0.05) is 28.1 Å². The third-order valence-electron chi connectivity index (χ3n) is 2.82. The number of halogens is 1. The number of nitrogens with one attached hydrogen (secondary N) is 1. The van der Waals surface area contributed by atoms with Crippen LogP contribution in [0.3, 0.4) is 0 Å². The number of furan rings is 1. The van der Waals surface area contributed by atoms with Gasteiger partial charge in [0.2, 0.25) is 5.76 Å². The highest BCUT2D eigenvalue weighted by Gasteiger charge is 2.10. The van der Waals surface area contributed by atoms with Crippen molar-refractivity contribution in [2.24, 2.45) is 0 Å². The molecule has 2 N–H and O–H groups in total. The van der Waals surface area contributed by atoms with Crippen molar-refractivity contribution in [2.75, 3.05) is 0 Å². The Bertz CT molecular complexity index is 562. The maximum absolute atomic E-state index is 10.7. The molecular weight excluding hydrogens is 310 g/mol. The summed E-state index contributed by atoms with van der Waals surface area (Å²) in [6.07, 6.45) is 0. The Morgan fingerprint density at radius 2 is 2.00 bits per heavy atom. The van der Waals surface area contributed by atoms with Crippen LogP contribution in [0.25, 0.3) is 0 Å². The van der Waals surface area contributed by atoms with Crippen LogP contribution in [0.4, 0.5) is 0 Å². The molecule has 1 aromatic carbocycles. The van der Waals surface area contributed by atoms with Gasteiger partial charge in [0.15, 0.2) is 0 Å². The maximum Gasteiger partial charge on any atom is 0.371 e. The average molecular weight is 324 g/mol. The first-order valence-electron chi connectivity index (χ1n) is 5.87. The van der Waals surface area contributed by atoms with Gasteiger partial charge < -0.3 is 14.8 Å². The van der Waals surface area contributed by atoms with E-state index in [1.54, 1.807) is 6.07 Å². The summed E-state index contributed by atoms with van der Waals surface area (Å²) in [7, 11) is 0. The van der Waals surface area contributed by atoms with E-state index in [0.29, 0.717) is 12.3 Å². The third-order valence-corrected chi connectivity index (χ3v) is 3.35. The largest absolute Gasteiger partial charge is 0.475 e. The van der Waals surface area contributed by atoms with E-state index in [1.165, 1.54) is 6.07 Å². The molecule has 19 heavy (non-hydrogen) atoms. The molecule has 2 rings (SSSR count). The second kappa shape index (κ2) is 6.04. The number of carboxylic acid groups (broad SMARTS) is 1. The number of aromatic carboxylic acids is 1. The minimum Gasteiger partial charge on any atom is -0.475 e. The maximum atomic E-state index is 10.7. The molecule has 1 atom stereocenters. The molecule has 1 aromatic heterocycles. The Kier molecular flexibility index (Phi) is 4.39. The van der Waals surface area contributed by atoms with Crippen LogP contribution in [-0.4, -0.2) is 11.1 Å². The van der Waals surface area contributed by atoms with E-state index >= 15 is 0 Å². The van der Waals surface area contributed by atoms with Gasteiger partial charge >= 0.3 is 5.97 Å². The highest BCUT2D eigenvalue weighted by atomic mass is 79.9. The first-order chi connectivity index (χ1) is 9.06. The van der Waals surface area contributed by atoms with Crippen LogP contribution in [-0.2, 0) is 6.54 Å². The van der Waals surface area contributed by atoms with Crippen LogP contribution in [0, 0.1) is 0 Å². The lowest BCUT2D eigenvalue weighted by Crippen LogP contribution is -2.17. The highest BCUT2D eigenvalue weighted by Crippen LogP contribution is 2.17. The van der Waals surface area contributed by atoms with Crippen molar-refractivity contribution in [3.05, 3.63) is 58.0 Å². The fourth-order valence-electron chi connectivity index (χ4n) is 1.71. The lowest BCUT2D eigenvalue weighted by molar-refractivity contribution is 0.0660. The molecule has 0 spiro atoms. The SMILES string of the molecule is C[C@@H](NCc1ccc(C(=O)O)o1)c1ccc(Br)cc1. The van der Waals surface area contributed by atoms with Gasteiger partial charge in [0.05, 0.1) is 6.54 Å². The van der Waals surface area contributed by atoms with Gasteiger partial charge in [-0.05, 0) is 36.8 Å². The Morgan fingerprint density at radius 1 is 1.32 bits per heavy atom. The number of carbonyl (C=O) groups is 1. The van der Waals surface area contributed by atoms with Crippen LogP contribution in [0.2, 0.25) is 0 Å². The molecule has 0 aliphatic rings. The second-order valence-electron chi connectivity index (χ2n) is 4.23. The minimum atomic E-state index is -1.05. The van der Waals surface area contributed by atoms with Gasteiger partial charge in [0.25, 0.3) is 0 Å². The van der Waals surface area contributed by atoms with Crippen molar-refractivity contribution in [3.63, 3.8) is 0 Å². The van der Waals surface area contributed by atoms with Gasteiger partial charge in [0.1, 0.15) is 5.76 Å². The van der Waals surface area contributed by atoms with Crippen LogP contribution in [0.5, 0.6) is 0 Å². The van der Waals surface area contributed by atoms with Gasteiger partial charge in [-0.2, -0.15) is 0 Å². The summed E-state index contributed by atoms with van der Waals surface area (Å²) >= 11 is 3.40. The lowest BCUT2D eigenvalue weighted by Gasteiger charge is -2.13. The zero-order valence-electron chi connectivity index (χ0n) is 10.4. The van der Waals surface area contributed by atoms with E-state index in [4.69, 9.17) is 9.52 Å². The molecule has 0 aliphatic heterocycles. The fraction of sp³-hybridized carbons (Fsp3) is 0.214. The van der Waals surface area contributed by atoms with E-state index in [9.17, 15) is 4.79 Å². The molecule has 100 valence electrons. The van der Waals surface area contributed by atoms with Gasteiger partial charge in [0, 0.05) is 10.5 Å². The van der Waals surface area contributed by atoms with Gasteiger partial charge in [-0.3, -0.25) is 0 Å². The first-order valence-corrected chi connectivity index (χ1v) is 6.66. The molecule has 0 unspecified atom stereocenters. The lowest BCUT2D eigenvalue weighted by atomic mass is 10.1. The molecule has 0 saturated heterocycles. The van der Waals surface area contributed by atoms with E-state index in [1.807, 2.05) is 31.2 Å². The summed E-state index contributed by atoms with van der Waals surface area (Å²) in [5, 5.41) is 12.0. The van der Waals surface area contributed by atoms with E-state index in [2.05, 4.69) is 21.2 Å². The van der Waals surface area contributed by atoms with Crippen molar-refractivity contribution in [2.45, 2.75) is 19.5 Å². The third kappa shape index (κ3) is 3.68. The molecule has 0 radical (unpaired) electrons. The molecule has 5 heteroatoms. The Morgan fingerprint density at radius 3 is 2.58 bits per heavy atom. The van der Waals surface area contributed by atoms with E-state index < -0.39 is 5.97 Å². The Labute approximate surface area is 119 Å². The first kappa shape index (κ1) is 13.8. The summed E-state index contributed by atoms with van der Waals surface area (Å²) in [6.45, 7) is 2.54. The standard InChI is InChI=1S/C14H14BrNO3/c1-9(10-2-4-11(15)5-3-10)16-8-12-6-7-13(19-12)14(17)18/h2-7,9,16H,8H2,1H3,(H,17,18)/t9-/m1/s1. The smallest absolute Gasteiger partial charge is 0.371 e. The van der Waals surface area contributed by atoms with Crippen molar-refractivity contribution in [3.8, 4) is 0 Å². The number of rotatable bonds is 5. The summed E-state index contributed by atoms with van der Waals surface area (Å²) in [4.78, 5) is 10.7. The van der Waals surface area contributed by atoms with Crippen molar-refractivity contribution >= 4 is 21.9 Å². The molecule has 4 nitrogen and oxygen atoms in total. The molecule has 0 saturated carbocycles. The van der Waals surface area contributed by atoms with Crippen LogP contribution in [0.15, 0.2) is 45.3 Å². The quantitative estimate of drug-likeness (QED) is 0.882. The molecule has 0 fully saturated rings. The summed E-state index contributed by atoms with van der Waals surface area (Å²) < 4.78 is 6.22. The zero-order chi connectivity index (χ0) is 13.8. The number of hydrogen-bond donors (Lipinski definition) is 2. The average Bonchev–Trinajstić information content (AvgIpc) is 2.86. The molecule has 2 aromatic rings. The monoisotopic (exact) mass is 323 g/mol. The molecule has 0 amide bonds. The van der Waals surface area contributed by atoms with Crippen molar-refractivity contribution < 1.29 is 14.3 Å². The number of benzene rings is 1. The molecule has 1 heterocycles. The predicted octanol–water partition coefficient (Wildman–Crippen LogP) is 3.59. The second-order valence-corrected chi connectivity index (χ2v) is 5.14. The van der Waals surface area contributed by atoms with E-state index in [-0.39, 0.29) is 11.8 Å². The number of carboxylic acids is 1. The summed E-state index contributed by atoms with van der Waals surface area (Å²) in [6, 6.07) is 11.3. The molecular formula is C14H14BrNO3. The minimum absolute atomic E-state index is 0.0342. The molecule has 0 bridgehead atoms. The van der Waals surface area contributed by atoms with Gasteiger partial charge in [-0.15, -0.1) is 0 Å². The topological polar surface area (TPSA) is 62.5 Å². The van der Waals surface area contributed by atoms with Gasteiger partial charge in [-0.25, -0.2) is 4.79 Å². The zero-order valence-corrected chi connectivity index (χ0v) is 12.0. The van der Waals surface area contributed by atoms with Crippen LogP contribution >= 0.6 is 15.9 Å². The Hall–Kier alpha value is -1.59. The van der Waals surface area contributed by atoms with Crippen LogP contribution < -0.4 is 5.32 Å². The highest BCUT2D eigenvalue weighted by molar-refractivity contribution is 9.10. The Balaban J connectivity index is 1.94. The van der Waals surface area contributed by atoms with Crippen LogP contribution in [0.1, 0.15) is 34.8 Å². The number of hydrogen-bond acceptors (Lipinski definition) is 3. The van der Waals surface area contributed by atoms with Crippen molar-refractivity contribution in [1.82, 2.24) is 5.32 Å². The molecule has 0 aliphatic carbocycles. The summed E-state index contributed by atoms with van der Waals surface area (Å²) in [5.41, 5.74) is 1.16. The fourth-order valence-corrected chi connectivity index (χ4v) is 1.98.